The van der Waals surface area contributed by atoms with Gasteiger partial charge >= 0.3 is 6.18 Å². The van der Waals surface area contributed by atoms with Crippen molar-refractivity contribution in [2.75, 3.05) is 10.6 Å². The van der Waals surface area contributed by atoms with Crippen LogP contribution in [0.1, 0.15) is 12.5 Å². The van der Waals surface area contributed by atoms with E-state index in [1.807, 2.05) is 0 Å². The molecule has 0 aromatic heterocycles. The summed E-state index contributed by atoms with van der Waals surface area (Å²) in [6.45, 7) is 1.42. The Morgan fingerprint density at radius 3 is 2.62 bits per heavy atom. The van der Waals surface area contributed by atoms with Crippen molar-refractivity contribution in [3.05, 3.63) is 53.1 Å². The summed E-state index contributed by atoms with van der Waals surface area (Å²) in [6, 6.07) is 9.99. The molecule has 1 atom stereocenters. The van der Waals surface area contributed by atoms with Gasteiger partial charge in [-0.1, -0.05) is 35.5 Å². The number of thioether (sulfide) groups is 1. The molecular weight excluding hydrogens is 389 g/mol. The van der Waals surface area contributed by atoms with Crippen molar-refractivity contribution in [2.45, 2.75) is 22.7 Å². The largest absolute Gasteiger partial charge is 0.417 e. The fourth-order valence-electron chi connectivity index (χ4n) is 2.39. The summed E-state index contributed by atoms with van der Waals surface area (Å²) in [5.74, 6) is -1.28. The van der Waals surface area contributed by atoms with Gasteiger partial charge in [0.15, 0.2) is 4.75 Å². The Morgan fingerprint density at radius 1 is 1.23 bits per heavy atom. The van der Waals surface area contributed by atoms with Gasteiger partial charge in [0.2, 0.25) is 11.8 Å². The lowest BCUT2D eigenvalue weighted by molar-refractivity contribution is -0.137. The average molecular weight is 401 g/mol. The quantitative estimate of drug-likeness (QED) is 0.712. The van der Waals surface area contributed by atoms with Gasteiger partial charge in [-0.3, -0.25) is 9.59 Å². The molecular formula is C17H12ClF3N2O2S. The van der Waals surface area contributed by atoms with Gasteiger partial charge in [-0.25, -0.2) is 0 Å². The van der Waals surface area contributed by atoms with E-state index in [9.17, 15) is 22.8 Å². The van der Waals surface area contributed by atoms with Crippen molar-refractivity contribution < 1.29 is 22.8 Å². The van der Waals surface area contributed by atoms with E-state index >= 15 is 0 Å². The molecule has 2 aromatic carbocycles. The molecule has 0 spiro atoms. The number of amides is 2. The molecule has 0 saturated heterocycles. The summed E-state index contributed by atoms with van der Waals surface area (Å²) in [4.78, 5) is 25.7. The molecule has 0 aliphatic carbocycles. The number of alkyl halides is 3. The molecule has 0 radical (unpaired) electrons. The Hall–Kier alpha value is -2.19. The first-order valence-electron chi connectivity index (χ1n) is 7.39. The number of rotatable bonds is 2. The number of benzene rings is 2. The molecule has 2 amide bonds. The molecule has 136 valence electrons. The average Bonchev–Trinajstić information content (AvgIpc) is 2.56. The zero-order valence-electron chi connectivity index (χ0n) is 13.3. The molecule has 0 saturated carbocycles. The molecule has 3 rings (SSSR count). The van der Waals surface area contributed by atoms with Crippen molar-refractivity contribution >= 4 is 46.6 Å². The lowest BCUT2D eigenvalue weighted by Crippen LogP contribution is -2.49. The van der Waals surface area contributed by atoms with Crippen LogP contribution in [0, 0.1) is 0 Å². The van der Waals surface area contributed by atoms with Gasteiger partial charge in [0, 0.05) is 10.6 Å². The van der Waals surface area contributed by atoms with E-state index in [0.29, 0.717) is 10.6 Å². The molecule has 1 heterocycles. The van der Waals surface area contributed by atoms with Crippen molar-refractivity contribution in [3.8, 4) is 0 Å². The van der Waals surface area contributed by atoms with Crippen LogP contribution in [0.5, 0.6) is 0 Å². The third-order valence-corrected chi connectivity index (χ3v) is 5.53. The van der Waals surface area contributed by atoms with Crippen molar-refractivity contribution in [1.29, 1.82) is 0 Å². The molecule has 1 aliphatic heterocycles. The van der Waals surface area contributed by atoms with Gasteiger partial charge in [0.05, 0.1) is 16.3 Å². The minimum atomic E-state index is -4.66. The molecule has 9 heteroatoms. The van der Waals surface area contributed by atoms with E-state index in [1.54, 1.807) is 24.3 Å². The maximum atomic E-state index is 13.0. The zero-order chi connectivity index (χ0) is 19.1. The minimum Gasteiger partial charge on any atom is -0.324 e. The number of hydrogen-bond donors (Lipinski definition) is 2. The maximum absolute atomic E-state index is 13.0. The Bertz CT molecular complexity index is 904. The number of carbonyl (C=O) groups is 2. The molecule has 1 unspecified atom stereocenters. The second-order valence-corrected chi connectivity index (χ2v) is 7.60. The number of halogens is 4. The van der Waals surface area contributed by atoms with E-state index in [-0.39, 0.29) is 5.69 Å². The van der Waals surface area contributed by atoms with Crippen LogP contribution in [0.3, 0.4) is 0 Å². The van der Waals surface area contributed by atoms with E-state index < -0.39 is 33.3 Å². The molecule has 4 nitrogen and oxygen atoms in total. The van der Waals surface area contributed by atoms with Gasteiger partial charge < -0.3 is 10.6 Å². The van der Waals surface area contributed by atoms with Crippen molar-refractivity contribution in [3.63, 3.8) is 0 Å². The molecule has 1 aliphatic rings. The van der Waals surface area contributed by atoms with Gasteiger partial charge in [-0.15, -0.1) is 0 Å². The summed E-state index contributed by atoms with van der Waals surface area (Å²) < 4.78 is 37.3. The minimum absolute atomic E-state index is 0.0970. The highest BCUT2D eigenvalue weighted by molar-refractivity contribution is 8.02. The topological polar surface area (TPSA) is 58.2 Å². The van der Waals surface area contributed by atoms with Crippen molar-refractivity contribution in [2.24, 2.45) is 0 Å². The third kappa shape index (κ3) is 3.39. The Kier molecular flexibility index (Phi) is 4.66. The monoisotopic (exact) mass is 400 g/mol. The Balaban J connectivity index is 1.88. The third-order valence-electron chi connectivity index (χ3n) is 3.85. The normalized spacial score (nSPS) is 19.5. The first kappa shape index (κ1) is 18.6. The fraction of sp³-hybridized carbons (Fsp3) is 0.176. The van der Waals surface area contributed by atoms with Crippen LogP contribution in [0.2, 0.25) is 5.02 Å². The van der Waals surface area contributed by atoms with E-state index in [1.165, 1.54) is 13.0 Å². The second kappa shape index (κ2) is 6.51. The van der Waals surface area contributed by atoms with Gasteiger partial charge in [0.1, 0.15) is 0 Å². The summed E-state index contributed by atoms with van der Waals surface area (Å²) >= 11 is 6.61. The first-order chi connectivity index (χ1) is 12.1. The standard InChI is InChI=1S/C17H12ClF3N2O2S/c1-16(15(25)23-12-4-2-3-5-13(12)26-16)14(24)22-9-6-7-11(18)10(8-9)17(19,20)21/h2-8H,1H3,(H,22,24)(H,23,25). The predicted octanol–water partition coefficient (Wildman–Crippen LogP) is 4.80. The highest BCUT2D eigenvalue weighted by atomic mass is 35.5. The van der Waals surface area contributed by atoms with Crippen LogP contribution in [-0.4, -0.2) is 16.6 Å². The van der Waals surface area contributed by atoms with Crippen LogP contribution < -0.4 is 10.6 Å². The SMILES string of the molecule is CC1(C(=O)Nc2ccc(Cl)c(C(F)(F)F)c2)Sc2ccccc2NC1=O. The summed E-state index contributed by atoms with van der Waals surface area (Å²) in [5, 5.41) is 4.54. The number of fused-ring (bicyclic) bond motifs is 1. The maximum Gasteiger partial charge on any atom is 0.417 e. The van der Waals surface area contributed by atoms with Crippen LogP contribution in [0.15, 0.2) is 47.4 Å². The predicted molar refractivity (Wildman–Crippen MR) is 94.4 cm³/mol. The summed E-state index contributed by atoms with van der Waals surface area (Å²) in [6.07, 6.45) is -4.66. The number of hydrogen-bond acceptors (Lipinski definition) is 3. The number of para-hydroxylation sites is 1. The van der Waals surface area contributed by atoms with E-state index in [4.69, 9.17) is 11.6 Å². The fourth-order valence-corrected chi connectivity index (χ4v) is 3.71. The number of carbonyl (C=O) groups excluding carboxylic acids is 2. The van der Waals surface area contributed by atoms with Crippen molar-refractivity contribution in [1.82, 2.24) is 0 Å². The molecule has 2 N–H and O–H groups in total. The molecule has 0 bridgehead atoms. The smallest absolute Gasteiger partial charge is 0.324 e. The summed E-state index contributed by atoms with van der Waals surface area (Å²) in [5.41, 5.74) is -0.577. The molecule has 2 aromatic rings. The summed E-state index contributed by atoms with van der Waals surface area (Å²) in [7, 11) is 0. The van der Waals surface area contributed by atoms with Gasteiger partial charge in [-0.05, 0) is 37.3 Å². The van der Waals surface area contributed by atoms with Crippen LogP contribution in [0.4, 0.5) is 24.5 Å². The zero-order valence-corrected chi connectivity index (χ0v) is 14.9. The van der Waals surface area contributed by atoms with Gasteiger partial charge in [-0.2, -0.15) is 13.2 Å². The molecule has 0 fully saturated rings. The van der Waals surface area contributed by atoms with Crippen LogP contribution in [-0.2, 0) is 15.8 Å². The highest BCUT2D eigenvalue weighted by Crippen LogP contribution is 2.43. The lowest BCUT2D eigenvalue weighted by atomic mass is 10.1. The van der Waals surface area contributed by atoms with Crippen LogP contribution in [0.25, 0.3) is 0 Å². The Labute approximate surface area is 156 Å². The van der Waals surface area contributed by atoms with E-state index in [0.717, 1.165) is 23.9 Å². The second-order valence-electron chi connectivity index (χ2n) is 5.73. The lowest BCUT2D eigenvalue weighted by Gasteiger charge is -2.31. The van der Waals surface area contributed by atoms with E-state index in [2.05, 4.69) is 10.6 Å². The number of nitrogens with one attached hydrogen (secondary N) is 2. The Morgan fingerprint density at radius 2 is 1.92 bits per heavy atom. The number of anilines is 2. The van der Waals surface area contributed by atoms with Crippen LogP contribution >= 0.6 is 23.4 Å². The highest BCUT2D eigenvalue weighted by Gasteiger charge is 2.46. The van der Waals surface area contributed by atoms with Gasteiger partial charge in [0.25, 0.3) is 0 Å². The first-order valence-corrected chi connectivity index (χ1v) is 8.58. The molecule has 26 heavy (non-hydrogen) atoms.